The van der Waals surface area contributed by atoms with Crippen LogP contribution in [-0.4, -0.2) is 256 Å². The van der Waals surface area contributed by atoms with Crippen LogP contribution in [0, 0.1) is 35.5 Å². The summed E-state index contributed by atoms with van der Waals surface area (Å²) in [6.07, 6.45) is 2.56. The number of carbonyl (C=O) groups is 12. The minimum atomic E-state index is -1.65. The van der Waals surface area contributed by atoms with E-state index < -0.39 is 162 Å². The highest BCUT2D eigenvalue weighted by atomic mass is 16.3. The fourth-order valence-corrected chi connectivity index (χ4v) is 12.8. The number of hydrogen-bond acceptors (Lipinski definition) is 13. The van der Waals surface area contributed by atoms with Crippen molar-refractivity contribution >= 4 is 81.8 Å². The van der Waals surface area contributed by atoms with Crippen molar-refractivity contribution in [2.24, 2.45) is 35.5 Å². The zero-order chi connectivity index (χ0) is 73.4. The number of benzene rings is 1. The first-order valence-corrected chi connectivity index (χ1v) is 34.8. The summed E-state index contributed by atoms with van der Waals surface area (Å²) in [6.45, 7) is 24.7. The van der Waals surface area contributed by atoms with Gasteiger partial charge in [-0.2, -0.15) is 0 Å². The van der Waals surface area contributed by atoms with Crippen molar-refractivity contribution in [2.75, 3.05) is 69.0 Å². The third-order valence-corrected chi connectivity index (χ3v) is 19.2. The number of para-hydroxylation sites is 1. The summed E-state index contributed by atoms with van der Waals surface area (Å²) in [5.74, 6) is -10.3. The van der Waals surface area contributed by atoms with Crippen LogP contribution < -0.4 is 21.3 Å². The molecule has 0 aliphatic carbocycles. The third-order valence-electron chi connectivity index (χ3n) is 19.2. The predicted octanol–water partition coefficient (Wildman–Crippen LogP) is 3.77. The Morgan fingerprint density at radius 2 is 1.03 bits per heavy atom. The molecule has 3 heterocycles. The minimum absolute atomic E-state index is 0.0566. The highest BCUT2D eigenvalue weighted by molar-refractivity contribution is 6.00. The van der Waals surface area contributed by atoms with Crippen molar-refractivity contribution < 1.29 is 62.6 Å². The number of rotatable bonds is 15. The van der Waals surface area contributed by atoms with Gasteiger partial charge in [-0.1, -0.05) is 108 Å². The Balaban J connectivity index is 1.96. The molecule has 2 fully saturated rings. The van der Waals surface area contributed by atoms with Crippen molar-refractivity contribution in [1.29, 1.82) is 0 Å². The second-order valence-corrected chi connectivity index (χ2v) is 29.3. The van der Waals surface area contributed by atoms with E-state index in [2.05, 4.69) is 26.3 Å². The number of aromatic amines is 1. The molecular weight excluding hydrogens is 1240 g/mol. The van der Waals surface area contributed by atoms with Gasteiger partial charge in [0.1, 0.15) is 60.4 Å². The molecule has 6 N–H and O–H groups in total. The molecule has 26 nitrogen and oxygen atoms in total. The van der Waals surface area contributed by atoms with E-state index in [0.29, 0.717) is 37.9 Å². The molecule has 544 valence electrons. The van der Waals surface area contributed by atoms with Crippen LogP contribution in [0.5, 0.6) is 0 Å². The molecule has 2 aromatic rings. The quantitative estimate of drug-likeness (QED) is 0.148. The number of likely N-dealkylation sites (tertiary alicyclic amines) is 1. The molecule has 0 spiro atoms. The molecule has 0 bridgehead atoms. The van der Waals surface area contributed by atoms with E-state index in [9.17, 15) is 38.7 Å². The van der Waals surface area contributed by atoms with Crippen molar-refractivity contribution in [2.45, 2.75) is 228 Å². The lowest BCUT2D eigenvalue weighted by molar-refractivity contribution is -0.152. The number of aliphatic hydroxyl groups excluding tert-OH is 1. The van der Waals surface area contributed by atoms with Crippen LogP contribution in [0.15, 0.2) is 30.5 Å². The van der Waals surface area contributed by atoms with Crippen LogP contribution in [0.2, 0.25) is 0 Å². The average Bonchev–Trinajstić information content (AvgIpc) is 1.77. The van der Waals surface area contributed by atoms with Gasteiger partial charge in [-0.05, 0) is 106 Å². The van der Waals surface area contributed by atoms with Gasteiger partial charge in [0.2, 0.25) is 70.9 Å². The van der Waals surface area contributed by atoms with Gasteiger partial charge in [0, 0.05) is 85.9 Å². The van der Waals surface area contributed by atoms with Crippen LogP contribution in [0.3, 0.4) is 0 Å². The van der Waals surface area contributed by atoms with Crippen LogP contribution in [0.25, 0.3) is 10.9 Å². The van der Waals surface area contributed by atoms with Gasteiger partial charge in [0.25, 0.3) is 0 Å². The lowest BCUT2D eigenvalue weighted by Gasteiger charge is -2.39. The molecule has 0 radical (unpaired) electrons. The van der Waals surface area contributed by atoms with E-state index in [4.69, 9.17) is 0 Å². The molecule has 12 amide bonds. The smallest absolute Gasteiger partial charge is 0.248 e. The summed E-state index contributed by atoms with van der Waals surface area (Å²) in [6, 6.07) is -5.69. The van der Waals surface area contributed by atoms with Gasteiger partial charge < -0.3 is 70.6 Å². The first-order chi connectivity index (χ1) is 45.3. The van der Waals surface area contributed by atoms with Crippen molar-refractivity contribution in [3.05, 3.63) is 36.0 Å². The van der Waals surface area contributed by atoms with Crippen LogP contribution >= 0.6 is 0 Å². The lowest BCUT2D eigenvalue weighted by Crippen LogP contribution is -2.63. The zero-order valence-electron chi connectivity index (χ0n) is 61.8. The number of hydrogen-bond donors (Lipinski definition) is 6. The standard InChI is InChI=1S/C71H117N13O13/c1-22-45(12)61-65(91)76-60(47(14)85)70(96)77(15)39-58(87)79(17)53(33-41(4)5)63(89)74-52(67(93)84-30-26-23-27-31-84)37-57(86)78(16)46(13)62(88)73-51(32-40(2)3)66(92)81(19)55(34-42(6)7)68(94)80(18)54(36-48-38-72-50-29-25-24-28-49(48)50)64(90)75-59(44(10)11)71(97)82(20)56(35-43(8)9)69(95)83(61)21/h24-25,28-29,38,40-47,51-56,59-61,72,85H,22-23,26-27,30-37,39H2,1-21H3,(H,73,88)(H,74,89)(H,75,90)(H,76,91)/t45-,46-,47+,51-,52-,53-,54-,55-,56-,59-,60-,61-/m0/s1. The van der Waals surface area contributed by atoms with Gasteiger partial charge in [-0.3, -0.25) is 57.5 Å². The average molecular weight is 1360 g/mol. The van der Waals surface area contributed by atoms with E-state index in [1.54, 1.807) is 31.9 Å². The van der Waals surface area contributed by atoms with Crippen molar-refractivity contribution in [3.8, 4) is 0 Å². The van der Waals surface area contributed by atoms with Gasteiger partial charge in [-0.25, -0.2) is 0 Å². The molecule has 4 rings (SSSR count). The molecule has 1 aromatic heterocycles. The van der Waals surface area contributed by atoms with Crippen LogP contribution in [0.4, 0.5) is 0 Å². The van der Waals surface area contributed by atoms with Gasteiger partial charge in [-0.15, -0.1) is 0 Å². The number of aliphatic hydroxyl groups is 1. The number of nitrogens with zero attached hydrogens (tertiary/aromatic N) is 8. The predicted molar refractivity (Wildman–Crippen MR) is 371 cm³/mol. The Hall–Kier alpha value is -7.64. The molecule has 2 saturated heterocycles. The van der Waals surface area contributed by atoms with E-state index in [0.717, 1.165) is 32.0 Å². The summed E-state index contributed by atoms with van der Waals surface area (Å²) in [5.41, 5.74) is 1.44. The van der Waals surface area contributed by atoms with E-state index >= 15 is 24.0 Å². The van der Waals surface area contributed by atoms with Crippen molar-refractivity contribution in [1.82, 2.24) is 65.5 Å². The van der Waals surface area contributed by atoms with E-state index in [1.807, 2.05) is 86.6 Å². The highest BCUT2D eigenvalue weighted by Gasteiger charge is 2.45. The summed E-state index contributed by atoms with van der Waals surface area (Å²) < 4.78 is 0. The lowest BCUT2D eigenvalue weighted by atomic mass is 9.93. The Morgan fingerprint density at radius 1 is 0.526 bits per heavy atom. The molecule has 97 heavy (non-hydrogen) atoms. The minimum Gasteiger partial charge on any atom is -0.391 e. The molecule has 1 aromatic carbocycles. The number of piperidine rings is 1. The Kier molecular flexibility index (Phi) is 31.0. The summed E-state index contributed by atoms with van der Waals surface area (Å²) in [7, 11) is 9.85. The Labute approximate surface area is 575 Å². The topological polar surface area (TPSA) is 315 Å². The second-order valence-electron chi connectivity index (χ2n) is 29.3. The molecular formula is C71H117N13O13. The van der Waals surface area contributed by atoms with Gasteiger partial charge in [0.15, 0.2) is 0 Å². The molecule has 0 saturated carbocycles. The maximum Gasteiger partial charge on any atom is 0.248 e. The summed E-state index contributed by atoms with van der Waals surface area (Å²) >= 11 is 0. The number of likely N-dealkylation sites (N-methyl/N-ethyl adjacent to an activating group) is 7. The van der Waals surface area contributed by atoms with Crippen LogP contribution in [0.1, 0.15) is 160 Å². The van der Waals surface area contributed by atoms with Crippen molar-refractivity contribution in [3.63, 3.8) is 0 Å². The SMILES string of the molecule is CC[C@H](C)[C@H]1C(=O)N[C@@H]([C@@H](C)O)C(=O)N(C)CC(=O)N(C)[C@@H](CC(C)C)C(=O)N[C@H](C(=O)N2CCCCC2)CC(=O)N(C)[C@@H](C)C(=O)N[C@@H](CC(C)C)C(=O)N(C)[C@@H](CC(C)C)C(=O)N(C)[C@@H](Cc2c[nH]c3ccccc23)C(=O)N[C@@H](C(C)C)C(=O)N(C)[C@@H](CC(C)C)C(=O)N1C. The molecule has 12 atom stereocenters. The van der Waals surface area contributed by atoms with Crippen LogP contribution in [-0.2, 0) is 64.0 Å². The largest absolute Gasteiger partial charge is 0.391 e. The number of H-pyrrole nitrogens is 1. The summed E-state index contributed by atoms with van der Waals surface area (Å²) in [4.78, 5) is 192. The van der Waals surface area contributed by atoms with E-state index in [1.165, 1.54) is 82.8 Å². The third kappa shape index (κ3) is 21.7. The zero-order valence-corrected chi connectivity index (χ0v) is 61.8. The fourth-order valence-electron chi connectivity index (χ4n) is 12.8. The normalized spacial score (nSPS) is 26.0. The Morgan fingerprint density at radius 3 is 1.57 bits per heavy atom. The second kappa shape index (κ2) is 36.8. The number of aromatic nitrogens is 1. The van der Waals surface area contributed by atoms with Gasteiger partial charge in [0.05, 0.1) is 19.1 Å². The first-order valence-electron chi connectivity index (χ1n) is 34.8. The molecule has 2 aliphatic rings. The molecule has 26 heteroatoms. The summed E-state index contributed by atoms with van der Waals surface area (Å²) in [5, 5.41) is 23.3. The maximum atomic E-state index is 15.5. The Bertz CT molecular complexity index is 3070. The van der Waals surface area contributed by atoms with E-state index in [-0.39, 0.29) is 55.8 Å². The number of fused-ring (bicyclic) bond motifs is 1. The number of amides is 12. The highest BCUT2D eigenvalue weighted by Crippen LogP contribution is 2.27. The molecule has 0 unspecified atom stereocenters. The maximum absolute atomic E-state index is 15.5. The first kappa shape index (κ1) is 81.8. The molecule has 2 aliphatic heterocycles. The number of nitrogens with one attached hydrogen (secondary N) is 5. The fraction of sp³-hybridized carbons (Fsp3) is 0.718. The van der Waals surface area contributed by atoms with Gasteiger partial charge >= 0.3 is 0 Å². The monoisotopic (exact) mass is 1360 g/mol. The number of carbonyl (C=O) groups excluding carboxylic acids is 12.